The highest BCUT2D eigenvalue weighted by atomic mass is 16.5. The standard InChI is InChI=1S/C29H50N2O3/c1-19(7-12-27(33)34-6)23-10-11-24-22-9-8-20-17-21(30-15-16-31(4)5)13-14-28(20,2)25(22)18-26(32)29(23,24)3/h19-20,22-26,32H,7-18H2,1-6H3/t19-,20-,22?,23-,24?,25?,26+,28+,29-/m1/s1. The van der Waals surface area contributed by atoms with Crippen LogP contribution in [0.2, 0.25) is 0 Å². The predicted octanol–water partition coefficient (Wildman–Crippen LogP) is 5.21. The van der Waals surface area contributed by atoms with E-state index in [1.165, 1.54) is 51.3 Å². The number of ether oxygens (including phenoxy) is 1. The molecule has 9 atom stereocenters. The Hall–Kier alpha value is -0.940. The first-order valence-corrected chi connectivity index (χ1v) is 14.0. The van der Waals surface area contributed by atoms with Crippen LogP contribution in [0, 0.1) is 46.3 Å². The molecule has 4 aliphatic rings. The average molecular weight is 475 g/mol. The van der Waals surface area contributed by atoms with Gasteiger partial charge in [0.1, 0.15) is 0 Å². The van der Waals surface area contributed by atoms with Crippen LogP contribution in [-0.2, 0) is 9.53 Å². The summed E-state index contributed by atoms with van der Waals surface area (Å²) >= 11 is 0. The lowest BCUT2D eigenvalue weighted by Gasteiger charge is -2.62. The number of esters is 1. The van der Waals surface area contributed by atoms with E-state index in [1.54, 1.807) is 0 Å². The van der Waals surface area contributed by atoms with Gasteiger partial charge in [-0.3, -0.25) is 9.79 Å². The normalized spacial score (nSPS) is 43.8. The van der Waals surface area contributed by atoms with Gasteiger partial charge in [-0.2, -0.15) is 0 Å². The van der Waals surface area contributed by atoms with E-state index in [0.29, 0.717) is 35.5 Å². The van der Waals surface area contributed by atoms with Gasteiger partial charge >= 0.3 is 5.97 Å². The number of methoxy groups -OCH3 is 1. The lowest BCUT2D eigenvalue weighted by Crippen LogP contribution is -2.58. The van der Waals surface area contributed by atoms with Gasteiger partial charge in [-0.15, -0.1) is 0 Å². The van der Waals surface area contributed by atoms with Crippen molar-refractivity contribution in [3.63, 3.8) is 0 Å². The molecular formula is C29H50N2O3. The number of nitrogens with zero attached hydrogens (tertiary/aromatic N) is 2. The molecule has 0 heterocycles. The molecule has 1 N–H and O–H groups in total. The molecule has 4 saturated carbocycles. The average Bonchev–Trinajstić information content (AvgIpc) is 3.16. The Bertz CT molecular complexity index is 766. The Labute approximate surface area is 208 Å². The van der Waals surface area contributed by atoms with Crippen LogP contribution < -0.4 is 0 Å². The third-order valence-electron chi connectivity index (χ3n) is 11.3. The fourth-order valence-corrected chi connectivity index (χ4v) is 9.19. The highest BCUT2D eigenvalue weighted by molar-refractivity contribution is 5.85. The molecule has 0 aromatic carbocycles. The molecule has 4 fully saturated rings. The van der Waals surface area contributed by atoms with Crippen LogP contribution in [0.1, 0.15) is 85.0 Å². The quantitative estimate of drug-likeness (QED) is 0.515. The van der Waals surface area contributed by atoms with Crippen molar-refractivity contribution < 1.29 is 14.6 Å². The third-order valence-corrected chi connectivity index (χ3v) is 11.3. The van der Waals surface area contributed by atoms with Crippen molar-refractivity contribution in [1.82, 2.24) is 4.90 Å². The number of aliphatic hydroxyl groups excluding tert-OH is 1. The molecule has 4 rings (SSSR count). The molecule has 0 aromatic rings. The Balaban J connectivity index is 1.46. The summed E-state index contributed by atoms with van der Waals surface area (Å²) in [7, 11) is 5.72. The molecule has 0 bridgehead atoms. The second kappa shape index (κ2) is 10.2. The molecule has 0 amide bonds. The van der Waals surface area contributed by atoms with Crippen LogP contribution in [0.5, 0.6) is 0 Å². The maximum absolute atomic E-state index is 11.7. The molecule has 34 heavy (non-hydrogen) atoms. The van der Waals surface area contributed by atoms with E-state index < -0.39 is 0 Å². The summed E-state index contributed by atoms with van der Waals surface area (Å²) in [5, 5.41) is 11.7. The highest BCUT2D eigenvalue weighted by Crippen LogP contribution is 2.68. The second-order valence-electron chi connectivity index (χ2n) is 13.0. The summed E-state index contributed by atoms with van der Waals surface area (Å²) in [6.07, 6.45) is 10.8. The number of hydrogen-bond donors (Lipinski definition) is 1. The van der Waals surface area contributed by atoms with Crippen molar-refractivity contribution in [2.24, 2.45) is 51.3 Å². The minimum atomic E-state index is -0.224. The van der Waals surface area contributed by atoms with Gasteiger partial charge in [-0.25, -0.2) is 0 Å². The Morgan fingerprint density at radius 2 is 1.97 bits per heavy atom. The first-order chi connectivity index (χ1) is 16.1. The Kier molecular flexibility index (Phi) is 7.84. The molecule has 4 aliphatic carbocycles. The summed E-state index contributed by atoms with van der Waals surface area (Å²) in [6, 6.07) is 0. The molecule has 0 aromatic heterocycles. The van der Waals surface area contributed by atoms with Crippen LogP contribution in [-0.4, -0.2) is 62.1 Å². The van der Waals surface area contributed by atoms with Crippen LogP contribution in [0.15, 0.2) is 4.99 Å². The van der Waals surface area contributed by atoms with Crippen molar-refractivity contribution >= 4 is 11.7 Å². The summed E-state index contributed by atoms with van der Waals surface area (Å²) in [6.45, 7) is 9.21. The zero-order chi connectivity index (χ0) is 24.7. The monoisotopic (exact) mass is 474 g/mol. The smallest absolute Gasteiger partial charge is 0.305 e. The van der Waals surface area contributed by atoms with Gasteiger partial charge in [-0.05, 0) is 118 Å². The fourth-order valence-electron chi connectivity index (χ4n) is 9.19. The summed E-state index contributed by atoms with van der Waals surface area (Å²) in [4.78, 5) is 18.9. The van der Waals surface area contributed by atoms with E-state index >= 15 is 0 Å². The van der Waals surface area contributed by atoms with Gasteiger partial charge in [0.05, 0.1) is 19.8 Å². The molecule has 0 radical (unpaired) electrons. The van der Waals surface area contributed by atoms with Gasteiger partial charge < -0.3 is 14.7 Å². The minimum absolute atomic E-state index is 0.00658. The van der Waals surface area contributed by atoms with Crippen molar-refractivity contribution in [3.8, 4) is 0 Å². The largest absolute Gasteiger partial charge is 0.469 e. The summed E-state index contributed by atoms with van der Waals surface area (Å²) in [5.41, 5.74) is 1.79. The van der Waals surface area contributed by atoms with Crippen LogP contribution in [0.25, 0.3) is 0 Å². The van der Waals surface area contributed by atoms with Crippen LogP contribution >= 0.6 is 0 Å². The van der Waals surface area contributed by atoms with Crippen molar-refractivity contribution in [2.75, 3.05) is 34.3 Å². The first kappa shape index (κ1) is 26.1. The van der Waals surface area contributed by atoms with Crippen LogP contribution in [0.3, 0.4) is 0 Å². The first-order valence-electron chi connectivity index (χ1n) is 14.0. The number of aliphatic hydroxyl groups is 1. The maximum Gasteiger partial charge on any atom is 0.305 e. The van der Waals surface area contributed by atoms with Crippen molar-refractivity contribution in [1.29, 1.82) is 0 Å². The molecule has 0 saturated heterocycles. The summed E-state index contributed by atoms with van der Waals surface area (Å²) < 4.78 is 4.89. The third kappa shape index (κ3) is 4.61. The zero-order valence-electron chi connectivity index (χ0n) is 22.7. The van der Waals surface area contributed by atoms with Gasteiger partial charge in [-0.1, -0.05) is 20.8 Å². The molecule has 5 nitrogen and oxygen atoms in total. The molecule has 5 heteroatoms. The zero-order valence-corrected chi connectivity index (χ0v) is 22.7. The van der Waals surface area contributed by atoms with E-state index in [4.69, 9.17) is 9.73 Å². The molecule has 0 aliphatic heterocycles. The predicted molar refractivity (Wildman–Crippen MR) is 138 cm³/mol. The van der Waals surface area contributed by atoms with Crippen LogP contribution in [0.4, 0.5) is 0 Å². The highest BCUT2D eigenvalue weighted by Gasteiger charge is 2.63. The lowest BCUT2D eigenvalue weighted by molar-refractivity contribution is -0.163. The number of carbonyl (C=O) groups is 1. The van der Waals surface area contributed by atoms with E-state index in [-0.39, 0.29) is 17.5 Å². The van der Waals surface area contributed by atoms with Crippen molar-refractivity contribution in [2.45, 2.75) is 91.1 Å². The number of hydrogen-bond acceptors (Lipinski definition) is 5. The van der Waals surface area contributed by atoms with E-state index in [2.05, 4.69) is 39.8 Å². The number of fused-ring (bicyclic) bond motifs is 5. The number of likely N-dealkylation sites (N-methyl/N-ethyl adjacent to an activating group) is 1. The summed E-state index contributed by atoms with van der Waals surface area (Å²) in [5.74, 6) is 3.59. The number of rotatable bonds is 7. The van der Waals surface area contributed by atoms with E-state index in [1.807, 2.05) is 0 Å². The van der Waals surface area contributed by atoms with E-state index in [0.717, 1.165) is 44.2 Å². The topological polar surface area (TPSA) is 62.1 Å². The lowest BCUT2D eigenvalue weighted by atomic mass is 9.43. The molecule has 0 spiro atoms. The maximum atomic E-state index is 11.7. The second-order valence-corrected chi connectivity index (χ2v) is 13.0. The van der Waals surface area contributed by atoms with E-state index in [9.17, 15) is 9.90 Å². The fraction of sp³-hybridized carbons (Fsp3) is 0.931. The number of carbonyl (C=O) groups excluding carboxylic acids is 1. The SMILES string of the molecule is COC(=O)CC[C@@H](C)[C@H]1CCC2C3CC[C@@H]4CC(=NCCN(C)C)CC[C@]4(C)C3C[C@H](O)[C@@]21C. The van der Waals surface area contributed by atoms with Gasteiger partial charge in [0.15, 0.2) is 0 Å². The van der Waals surface area contributed by atoms with Gasteiger partial charge in [0, 0.05) is 18.7 Å². The Morgan fingerprint density at radius 3 is 2.68 bits per heavy atom. The van der Waals surface area contributed by atoms with Gasteiger partial charge in [0.2, 0.25) is 0 Å². The number of aliphatic imine (C=N–C) groups is 1. The van der Waals surface area contributed by atoms with Crippen molar-refractivity contribution in [3.05, 3.63) is 0 Å². The minimum Gasteiger partial charge on any atom is -0.469 e. The van der Waals surface area contributed by atoms with Gasteiger partial charge in [0.25, 0.3) is 0 Å². The Morgan fingerprint density at radius 1 is 1.21 bits per heavy atom. The molecule has 194 valence electrons. The molecule has 3 unspecified atom stereocenters. The molecular weight excluding hydrogens is 424 g/mol.